The van der Waals surface area contributed by atoms with Crippen molar-refractivity contribution in [2.45, 2.75) is 6.92 Å². The van der Waals surface area contributed by atoms with E-state index in [1.165, 1.54) is 0 Å². The Morgan fingerprint density at radius 1 is 1.24 bits per heavy atom. The normalized spacial score (nSPS) is 10.2. The topological polar surface area (TPSA) is 76.2 Å². The number of carboxylic acid groups (broad SMARTS) is 1. The summed E-state index contributed by atoms with van der Waals surface area (Å²) in [5, 5.41) is 8.96. The van der Waals surface area contributed by atoms with Crippen molar-refractivity contribution in [3.63, 3.8) is 0 Å². The molecule has 2 rings (SSSR count). The first kappa shape index (κ1) is 11.1. The zero-order valence-corrected chi connectivity index (χ0v) is 9.34. The van der Waals surface area contributed by atoms with Crippen LogP contribution in [0.3, 0.4) is 0 Å². The number of hydrogen-bond acceptors (Lipinski definition) is 3. The molecule has 3 N–H and O–H groups in total. The van der Waals surface area contributed by atoms with Gasteiger partial charge in [0, 0.05) is 5.56 Å². The number of rotatable bonds is 2. The first-order chi connectivity index (χ1) is 8.09. The molecular weight excluding hydrogens is 216 g/mol. The fourth-order valence-electron chi connectivity index (χ4n) is 1.65. The fourth-order valence-corrected chi connectivity index (χ4v) is 1.65. The monoisotopic (exact) mass is 228 g/mol. The molecule has 0 unspecified atom stereocenters. The second-order valence-corrected chi connectivity index (χ2v) is 3.75. The van der Waals surface area contributed by atoms with Gasteiger partial charge in [-0.1, -0.05) is 24.3 Å². The van der Waals surface area contributed by atoms with Crippen molar-refractivity contribution in [1.29, 1.82) is 0 Å². The molecular formula is C13H12N2O2. The predicted octanol–water partition coefficient (Wildman–Crippen LogP) is 2.34. The Bertz CT molecular complexity index is 579. The van der Waals surface area contributed by atoms with E-state index in [0.29, 0.717) is 5.69 Å². The Morgan fingerprint density at radius 2 is 1.94 bits per heavy atom. The van der Waals surface area contributed by atoms with Gasteiger partial charge >= 0.3 is 5.97 Å². The maximum Gasteiger partial charge on any atom is 0.356 e. The number of aromatic nitrogens is 1. The van der Waals surface area contributed by atoms with Gasteiger partial charge in [0.05, 0.1) is 11.4 Å². The molecule has 0 atom stereocenters. The summed E-state index contributed by atoms with van der Waals surface area (Å²) in [5.74, 6) is -1.11. The van der Waals surface area contributed by atoms with Gasteiger partial charge < -0.3 is 10.8 Å². The molecule has 0 radical (unpaired) electrons. The third kappa shape index (κ3) is 2.10. The predicted molar refractivity (Wildman–Crippen MR) is 65.8 cm³/mol. The van der Waals surface area contributed by atoms with Gasteiger partial charge in [0.25, 0.3) is 0 Å². The quantitative estimate of drug-likeness (QED) is 0.827. The van der Waals surface area contributed by atoms with Gasteiger partial charge in [-0.15, -0.1) is 0 Å². The molecule has 1 heterocycles. The molecule has 0 saturated carbocycles. The van der Waals surface area contributed by atoms with E-state index in [0.717, 1.165) is 11.1 Å². The summed E-state index contributed by atoms with van der Waals surface area (Å²) in [6.45, 7) is 1.95. The first-order valence-corrected chi connectivity index (χ1v) is 5.15. The minimum atomic E-state index is -1.11. The van der Waals surface area contributed by atoms with E-state index in [1.54, 1.807) is 12.1 Å². The number of hydrogen-bond donors (Lipinski definition) is 2. The van der Waals surface area contributed by atoms with E-state index >= 15 is 0 Å². The first-order valence-electron chi connectivity index (χ1n) is 5.15. The minimum absolute atomic E-state index is 0.106. The van der Waals surface area contributed by atoms with Gasteiger partial charge in [-0.05, 0) is 24.6 Å². The van der Waals surface area contributed by atoms with E-state index in [9.17, 15) is 4.79 Å². The summed E-state index contributed by atoms with van der Waals surface area (Å²) in [7, 11) is 0. The van der Waals surface area contributed by atoms with Crippen LogP contribution in [0.25, 0.3) is 11.3 Å². The Morgan fingerprint density at radius 3 is 2.59 bits per heavy atom. The number of aromatic carboxylic acids is 1. The van der Waals surface area contributed by atoms with Crippen molar-refractivity contribution in [1.82, 2.24) is 4.98 Å². The lowest BCUT2D eigenvalue weighted by Gasteiger charge is -2.07. The number of nitrogens with zero attached hydrogens (tertiary/aromatic N) is 1. The van der Waals surface area contributed by atoms with Crippen molar-refractivity contribution >= 4 is 11.7 Å². The number of carboxylic acids is 1. The van der Waals surface area contributed by atoms with Crippen molar-refractivity contribution in [2.24, 2.45) is 0 Å². The maximum absolute atomic E-state index is 10.9. The molecule has 0 spiro atoms. The summed E-state index contributed by atoms with van der Waals surface area (Å²) >= 11 is 0. The van der Waals surface area contributed by atoms with Crippen LogP contribution in [0.4, 0.5) is 5.69 Å². The summed E-state index contributed by atoms with van der Waals surface area (Å²) in [6, 6.07) is 11.0. The molecule has 0 fully saturated rings. The summed E-state index contributed by atoms with van der Waals surface area (Å²) < 4.78 is 0. The van der Waals surface area contributed by atoms with Gasteiger partial charge in [-0.2, -0.15) is 0 Å². The van der Waals surface area contributed by atoms with Crippen LogP contribution >= 0.6 is 0 Å². The smallest absolute Gasteiger partial charge is 0.356 e. The Labute approximate surface area is 98.7 Å². The zero-order valence-electron chi connectivity index (χ0n) is 9.34. The average Bonchev–Trinajstić information content (AvgIpc) is 2.30. The number of nitrogens with two attached hydrogens (primary N) is 1. The van der Waals surface area contributed by atoms with Gasteiger partial charge in [0.1, 0.15) is 0 Å². The number of anilines is 1. The van der Waals surface area contributed by atoms with Crippen LogP contribution in [-0.4, -0.2) is 16.1 Å². The molecule has 0 aliphatic heterocycles. The molecule has 86 valence electrons. The van der Waals surface area contributed by atoms with Crippen LogP contribution in [-0.2, 0) is 0 Å². The van der Waals surface area contributed by atoms with E-state index in [-0.39, 0.29) is 11.4 Å². The van der Waals surface area contributed by atoms with E-state index < -0.39 is 5.97 Å². The lowest BCUT2D eigenvalue weighted by atomic mass is 10.0. The van der Waals surface area contributed by atoms with Gasteiger partial charge in [0.15, 0.2) is 5.69 Å². The highest BCUT2D eigenvalue weighted by Gasteiger charge is 2.12. The van der Waals surface area contributed by atoms with Crippen LogP contribution < -0.4 is 5.73 Å². The van der Waals surface area contributed by atoms with Crippen LogP contribution in [0.15, 0.2) is 36.4 Å². The summed E-state index contributed by atoms with van der Waals surface area (Å²) in [4.78, 5) is 15.0. The summed E-state index contributed by atoms with van der Waals surface area (Å²) in [6.07, 6.45) is 0. The van der Waals surface area contributed by atoms with Crippen molar-refractivity contribution in [2.75, 3.05) is 5.73 Å². The molecule has 0 aliphatic rings. The third-order valence-electron chi connectivity index (χ3n) is 2.55. The number of nitrogen functional groups attached to an aromatic ring is 1. The molecule has 1 aromatic heterocycles. The van der Waals surface area contributed by atoms with Crippen LogP contribution in [0.1, 0.15) is 16.1 Å². The highest BCUT2D eigenvalue weighted by Crippen LogP contribution is 2.23. The molecule has 0 amide bonds. The Hall–Kier alpha value is -2.36. The molecule has 1 aromatic carbocycles. The van der Waals surface area contributed by atoms with Crippen LogP contribution in [0, 0.1) is 6.92 Å². The molecule has 2 aromatic rings. The third-order valence-corrected chi connectivity index (χ3v) is 2.55. The molecule has 4 heteroatoms. The standard InChI is InChI=1S/C13H12N2O2/c1-8-4-2-3-5-9(8)11-7-6-10(14)12(15-11)13(16)17/h2-7H,14H2,1H3,(H,16,17). The van der Waals surface area contributed by atoms with Crippen LogP contribution in [0.5, 0.6) is 0 Å². The number of aryl methyl sites for hydroxylation is 1. The number of benzene rings is 1. The fraction of sp³-hybridized carbons (Fsp3) is 0.0769. The lowest BCUT2D eigenvalue weighted by molar-refractivity contribution is 0.0692. The highest BCUT2D eigenvalue weighted by molar-refractivity contribution is 5.92. The van der Waals surface area contributed by atoms with E-state index in [2.05, 4.69) is 4.98 Å². The van der Waals surface area contributed by atoms with Gasteiger partial charge in [-0.3, -0.25) is 0 Å². The van der Waals surface area contributed by atoms with E-state index in [1.807, 2.05) is 31.2 Å². The highest BCUT2D eigenvalue weighted by atomic mass is 16.4. The Kier molecular flexibility index (Phi) is 2.78. The van der Waals surface area contributed by atoms with Gasteiger partial charge in [0.2, 0.25) is 0 Å². The second kappa shape index (κ2) is 4.25. The largest absolute Gasteiger partial charge is 0.476 e. The lowest BCUT2D eigenvalue weighted by Crippen LogP contribution is -2.06. The zero-order chi connectivity index (χ0) is 12.4. The minimum Gasteiger partial charge on any atom is -0.476 e. The Balaban J connectivity index is 2.58. The molecule has 0 saturated heterocycles. The van der Waals surface area contributed by atoms with Gasteiger partial charge in [-0.25, -0.2) is 9.78 Å². The molecule has 0 bridgehead atoms. The van der Waals surface area contributed by atoms with Crippen molar-refractivity contribution in [3.8, 4) is 11.3 Å². The molecule has 17 heavy (non-hydrogen) atoms. The number of pyridine rings is 1. The second-order valence-electron chi connectivity index (χ2n) is 3.75. The van der Waals surface area contributed by atoms with Crippen LogP contribution in [0.2, 0.25) is 0 Å². The van der Waals surface area contributed by atoms with Crippen molar-refractivity contribution in [3.05, 3.63) is 47.7 Å². The maximum atomic E-state index is 10.9. The van der Waals surface area contributed by atoms with Crippen molar-refractivity contribution < 1.29 is 9.90 Å². The summed E-state index contributed by atoms with van der Waals surface area (Å²) in [5.41, 5.74) is 8.21. The number of carbonyl (C=O) groups is 1. The SMILES string of the molecule is Cc1ccccc1-c1ccc(N)c(C(=O)O)n1. The average molecular weight is 228 g/mol. The molecule has 4 nitrogen and oxygen atoms in total. The molecule has 0 aliphatic carbocycles. The van der Waals surface area contributed by atoms with E-state index in [4.69, 9.17) is 10.8 Å².